The number of halogens is 1. The van der Waals surface area contributed by atoms with Crippen molar-refractivity contribution in [3.63, 3.8) is 0 Å². The van der Waals surface area contributed by atoms with Crippen LogP contribution in [0.4, 0.5) is 4.39 Å². The van der Waals surface area contributed by atoms with E-state index in [1.54, 1.807) is 29.6 Å². The van der Waals surface area contributed by atoms with Crippen LogP contribution in [0.1, 0.15) is 10.4 Å². The van der Waals surface area contributed by atoms with Crippen molar-refractivity contribution in [2.45, 2.75) is 0 Å². The lowest BCUT2D eigenvalue weighted by atomic mass is 10.0. The van der Waals surface area contributed by atoms with Crippen LogP contribution in [-0.4, -0.2) is 11.1 Å². The summed E-state index contributed by atoms with van der Waals surface area (Å²) in [5.41, 5.74) is 1.11. The molecule has 0 amide bonds. The number of aromatic carboxylic acids is 1. The fourth-order valence-corrected chi connectivity index (χ4v) is 2.99. The molecule has 19 heavy (non-hydrogen) atoms. The fraction of sp³-hybridized carbons (Fsp3) is 0. The van der Waals surface area contributed by atoms with Gasteiger partial charge in [-0.25, -0.2) is 9.18 Å². The normalized spacial score (nSPS) is 10.8. The monoisotopic (exact) mass is 272 g/mol. The summed E-state index contributed by atoms with van der Waals surface area (Å²) in [6, 6.07) is 11.9. The molecule has 0 aliphatic rings. The van der Waals surface area contributed by atoms with Gasteiger partial charge in [0.05, 0.1) is 5.56 Å². The number of carbonyl (C=O) groups is 1. The second-order valence-electron chi connectivity index (χ2n) is 4.15. The van der Waals surface area contributed by atoms with E-state index in [1.807, 2.05) is 12.1 Å². The van der Waals surface area contributed by atoms with Gasteiger partial charge in [-0.1, -0.05) is 30.3 Å². The lowest BCUT2D eigenvalue weighted by molar-refractivity contribution is 0.0697. The third-order valence-corrected chi connectivity index (χ3v) is 3.95. The van der Waals surface area contributed by atoms with Crippen molar-refractivity contribution in [3.8, 4) is 10.4 Å². The molecule has 3 aromatic rings. The van der Waals surface area contributed by atoms with Crippen molar-refractivity contribution in [2.24, 2.45) is 0 Å². The first-order valence-electron chi connectivity index (χ1n) is 5.66. The first-order valence-corrected chi connectivity index (χ1v) is 6.54. The quantitative estimate of drug-likeness (QED) is 0.750. The highest BCUT2D eigenvalue weighted by Gasteiger charge is 2.11. The molecule has 0 aliphatic carbocycles. The van der Waals surface area contributed by atoms with Crippen LogP contribution in [0.3, 0.4) is 0 Å². The van der Waals surface area contributed by atoms with E-state index < -0.39 is 5.97 Å². The molecule has 2 aromatic carbocycles. The number of hydrogen-bond donors (Lipinski definition) is 1. The zero-order valence-electron chi connectivity index (χ0n) is 9.76. The van der Waals surface area contributed by atoms with Crippen LogP contribution >= 0.6 is 11.3 Å². The molecule has 0 fully saturated rings. The maximum atomic E-state index is 13.7. The first kappa shape index (κ1) is 11.9. The zero-order valence-corrected chi connectivity index (χ0v) is 10.6. The molecule has 4 heteroatoms. The molecule has 0 saturated heterocycles. The van der Waals surface area contributed by atoms with E-state index in [2.05, 4.69) is 0 Å². The van der Waals surface area contributed by atoms with Gasteiger partial charge in [-0.2, -0.15) is 0 Å². The van der Waals surface area contributed by atoms with E-state index in [0.717, 1.165) is 15.8 Å². The first-order chi connectivity index (χ1) is 9.16. The molecule has 0 spiro atoms. The van der Waals surface area contributed by atoms with Crippen molar-refractivity contribution >= 4 is 28.1 Å². The predicted molar refractivity (Wildman–Crippen MR) is 74.2 cm³/mol. The topological polar surface area (TPSA) is 37.3 Å². The van der Waals surface area contributed by atoms with E-state index in [4.69, 9.17) is 5.11 Å². The maximum absolute atomic E-state index is 13.7. The van der Waals surface area contributed by atoms with Crippen molar-refractivity contribution in [1.82, 2.24) is 0 Å². The number of benzene rings is 2. The van der Waals surface area contributed by atoms with E-state index in [9.17, 15) is 9.18 Å². The lowest BCUT2D eigenvalue weighted by Crippen LogP contribution is -1.91. The molecular formula is C15H9FO2S. The minimum atomic E-state index is -0.950. The van der Waals surface area contributed by atoms with Crippen LogP contribution < -0.4 is 0 Å². The molecule has 94 valence electrons. The molecule has 1 aromatic heterocycles. The van der Waals surface area contributed by atoms with Gasteiger partial charge in [0.2, 0.25) is 0 Å². The number of thiophene rings is 1. The third-order valence-electron chi connectivity index (χ3n) is 2.98. The highest BCUT2D eigenvalue weighted by atomic mass is 32.1. The molecule has 1 heterocycles. The Hall–Kier alpha value is -2.20. The van der Waals surface area contributed by atoms with Gasteiger partial charge in [-0.3, -0.25) is 0 Å². The predicted octanol–water partition coefficient (Wildman–Crippen LogP) is 4.41. The summed E-state index contributed by atoms with van der Waals surface area (Å²) >= 11 is 1.35. The molecule has 0 atom stereocenters. The molecule has 1 N–H and O–H groups in total. The summed E-state index contributed by atoms with van der Waals surface area (Å²) in [5, 5.41) is 11.9. The van der Waals surface area contributed by atoms with Gasteiger partial charge in [-0.05, 0) is 23.1 Å². The molecule has 0 bridgehead atoms. The van der Waals surface area contributed by atoms with Gasteiger partial charge in [0, 0.05) is 15.6 Å². The average molecular weight is 272 g/mol. The van der Waals surface area contributed by atoms with E-state index >= 15 is 0 Å². The van der Waals surface area contributed by atoms with Crippen LogP contribution in [-0.2, 0) is 0 Å². The Kier molecular flexibility index (Phi) is 2.80. The van der Waals surface area contributed by atoms with Crippen LogP contribution in [0.5, 0.6) is 0 Å². The Bertz CT molecular complexity index is 777. The minimum Gasteiger partial charge on any atom is -0.478 e. The summed E-state index contributed by atoms with van der Waals surface area (Å²) in [6.45, 7) is 0. The van der Waals surface area contributed by atoms with Crippen molar-refractivity contribution < 1.29 is 14.3 Å². The Morgan fingerprint density at radius 1 is 1.11 bits per heavy atom. The Morgan fingerprint density at radius 3 is 2.53 bits per heavy atom. The largest absolute Gasteiger partial charge is 0.478 e. The summed E-state index contributed by atoms with van der Waals surface area (Å²) in [5.74, 6) is -1.22. The number of carboxylic acid groups (broad SMARTS) is 1. The van der Waals surface area contributed by atoms with Crippen molar-refractivity contribution in [1.29, 1.82) is 0 Å². The number of rotatable bonds is 2. The van der Waals surface area contributed by atoms with Crippen molar-refractivity contribution in [3.05, 3.63) is 59.2 Å². The highest BCUT2D eigenvalue weighted by molar-refractivity contribution is 7.14. The van der Waals surface area contributed by atoms with E-state index in [-0.39, 0.29) is 11.4 Å². The van der Waals surface area contributed by atoms with Gasteiger partial charge >= 0.3 is 5.97 Å². The smallest absolute Gasteiger partial charge is 0.336 e. The maximum Gasteiger partial charge on any atom is 0.336 e. The Balaban J connectivity index is 2.24. The van der Waals surface area contributed by atoms with Crippen LogP contribution in [0.25, 0.3) is 21.2 Å². The number of hydrogen-bond acceptors (Lipinski definition) is 2. The standard InChI is InChI=1S/C15H9FO2S/c16-13-6-5-12(10-3-1-2-4-11(10)13)14-7-9(8-19-14)15(17)18/h1-8H,(H,17,18). The summed E-state index contributed by atoms with van der Waals surface area (Å²) < 4.78 is 13.7. The fourth-order valence-electron chi connectivity index (χ4n) is 2.07. The molecular weight excluding hydrogens is 263 g/mol. The summed E-state index contributed by atoms with van der Waals surface area (Å²) in [6.07, 6.45) is 0. The van der Waals surface area contributed by atoms with Crippen LogP contribution in [0.15, 0.2) is 47.8 Å². The molecule has 2 nitrogen and oxygen atoms in total. The van der Waals surface area contributed by atoms with Gasteiger partial charge < -0.3 is 5.11 Å². The van der Waals surface area contributed by atoms with Gasteiger partial charge in [-0.15, -0.1) is 11.3 Å². The van der Waals surface area contributed by atoms with E-state index in [1.165, 1.54) is 17.4 Å². The van der Waals surface area contributed by atoms with Gasteiger partial charge in [0.15, 0.2) is 0 Å². The summed E-state index contributed by atoms with van der Waals surface area (Å²) in [7, 11) is 0. The molecule has 0 radical (unpaired) electrons. The van der Waals surface area contributed by atoms with Gasteiger partial charge in [0.25, 0.3) is 0 Å². The summed E-state index contributed by atoms with van der Waals surface area (Å²) in [4.78, 5) is 11.7. The SMILES string of the molecule is O=C(O)c1csc(-c2ccc(F)c3ccccc23)c1. The van der Waals surface area contributed by atoms with E-state index in [0.29, 0.717) is 5.39 Å². The highest BCUT2D eigenvalue weighted by Crippen LogP contribution is 2.34. The third kappa shape index (κ3) is 2.00. The lowest BCUT2D eigenvalue weighted by Gasteiger charge is -2.05. The molecule has 0 unspecified atom stereocenters. The second-order valence-corrected chi connectivity index (χ2v) is 5.06. The van der Waals surface area contributed by atoms with Gasteiger partial charge in [0.1, 0.15) is 5.82 Å². The second kappa shape index (κ2) is 4.48. The Morgan fingerprint density at radius 2 is 1.84 bits per heavy atom. The zero-order chi connectivity index (χ0) is 13.4. The van der Waals surface area contributed by atoms with Crippen LogP contribution in [0.2, 0.25) is 0 Å². The number of carboxylic acids is 1. The van der Waals surface area contributed by atoms with Crippen LogP contribution in [0, 0.1) is 5.82 Å². The molecule has 0 aliphatic heterocycles. The minimum absolute atomic E-state index is 0.258. The van der Waals surface area contributed by atoms with Crippen molar-refractivity contribution in [2.75, 3.05) is 0 Å². The Labute approximate surface area is 112 Å². The molecule has 0 saturated carbocycles. The number of fused-ring (bicyclic) bond motifs is 1. The molecule has 3 rings (SSSR count). The average Bonchev–Trinajstić information content (AvgIpc) is 2.89.